The van der Waals surface area contributed by atoms with Crippen LogP contribution in [0.4, 0.5) is 4.39 Å². The number of amides is 1. The van der Waals surface area contributed by atoms with E-state index < -0.39 is 5.82 Å². The number of thiazole rings is 1. The third-order valence-electron chi connectivity index (χ3n) is 3.33. The van der Waals surface area contributed by atoms with E-state index in [1.807, 2.05) is 19.2 Å². The van der Waals surface area contributed by atoms with Crippen LogP contribution >= 0.6 is 11.3 Å². The lowest BCUT2D eigenvalue weighted by Gasteiger charge is -2.09. The molecule has 0 unspecified atom stereocenters. The second-order valence-electron chi connectivity index (χ2n) is 5.37. The van der Waals surface area contributed by atoms with Crippen LogP contribution in [-0.4, -0.2) is 15.9 Å². The maximum Gasteiger partial charge on any atom is 0.273 e. The minimum atomic E-state index is -0.473. The second kappa shape index (κ2) is 7.43. The van der Waals surface area contributed by atoms with E-state index in [1.165, 1.54) is 29.7 Å². The first-order valence-corrected chi connectivity index (χ1v) is 8.45. The monoisotopic (exact) mass is 361 g/mol. The van der Waals surface area contributed by atoms with Gasteiger partial charge in [0, 0.05) is 11.1 Å². The van der Waals surface area contributed by atoms with Gasteiger partial charge in [-0.15, -0.1) is 11.3 Å². The molecule has 0 radical (unpaired) electrons. The first-order valence-electron chi connectivity index (χ1n) is 7.57. The van der Waals surface area contributed by atoms with Crippen molar-refractivity contribution in [2.24, 2.45) is 0 Å². The number of carbonyl (C=O) groups is 1. The van der Waals surface area contributed by atoms with Crippen molar-refractivity contribution in [2.45, 2.75) is 26.5 Å². The number of para-hydroxylation sites is 1. The molecule has 0 aliphatic rings. The van der Waals surface area contributed by atoms with Crippen molar-refractivity contribution in [2.75, 3.05) is 0 Å². The van der Waals surface area contributed by atoms with E-state index in [1.54, 1.807) is 12.1 Å². The Hall–Kier alpha value is -2.74. The van der Waals surface area contributed by atoms with Crippen LogP contribution in [-0.2, 0) is 6.61 Å². The number of hydrogen-bond acceptors (Lipinski definition) is 6. The molecule has 2 heterocycles. The highest BCUT2D eigenvalue weighted by molar-refractivity contribution is 7.09. The summed E-state index contributed by atoms with van der Waals surface area (Å²) in [5.74, 6) is -0.563. The van der Waals surface area contributed by atoms with Crippen LogP contribution in [0.25, 0.3) is 0 Å². The van der Waals surface area contributed by atoms with Gasteiger partial charge in [0.1, 0.15) is 11.3 Å². The minimum Gasteiger partial charge on any atom is -0.481 e. The predicted octanol–water partition coefficient (Wildman–Crippen LogP) is 3.65. The highest BCUT2D eigenvalue weighted by Crippen LogP contribution is 2.19. The number of nitrogens with one attached hydrogen (secondary N) is 1. The first-order chi connectivity index (χ1) is 12.0. The molecule has 1 N–H and O–H groups in total. The fraction of sp³-hybridized carbons (Fsp3) is 0.235. The summed E-state index contributed by atoms with van der Waals surface area (Å²) < 4.78 is 24.0. The minimum absolute atomic E-state index is 0.0740. The molecule has 0 spiro atoms. The molecule has 2 aromatic heterocycles. The van der Waals surface area contributed by atoms with Crippen molar-refractivity contribution >= 4 is 17.2 Å². The van der Waals surface area contributed by atoms with Gasteiger partial charge in [-0.2, -0.15) is 0 Å². The molecule has 3 aromatic rings. The molecular formula is C17H16FN3O3S. The molecule has 1 atom stereocenters. The van der Waals surface area contributed by atoms with E-state index in [0.29, 0.717) is 0 Å². The van der Waals surface area contributed by atoms with E-state index in [4.69, 9.17) is 9.15 Å². The number of oxazole rings is 1. The van der Waals surface area contributed by atoms with E-state index in [9.17, 15) is 9.18 Å². The van der Waals surface area contributed by atoms with E-state index >= 15 is 0 Å². The normalized spacial score (nSPS) is 12.0. The summed E-state index contributed by atoms with van der Waals surface area (Å²) in [6.07, 6.45) is 1.25. The number of ether oxygens (including phenoxy) is 1. The summed E-state index contributed by atoms with van der Waals surface area (Å²) in [5.41, 5.74) is 1.04. The average Bonchev–Trinajstić information content (AvgIpc) is 3.23. The van der Waals surface area contributed by atoms with Crippen LogP contribution in [0, 0.1) is 12.7 Å². The molecule has 0 bridgehead atoms. The Morgan fingerprint density at radius 3 is 2.92 bits per heavy atom. The van der Waals surface area contributed by atoms with Crippen LogP contribution < -0.4 is 10.1 Å². The summed E-state index contributed by atoms with van der Waals surface area (Å²) in [6.45, 7) is 3.67. The zero-order valence-electron chi connectivity index (χ0n) is 13.7. The Morgan fingerprint density at radius 1 is 1.40 bits per heavy atom. The maximum atomic E-state index is 13.5. The Morgan fingerprint density at radius 2 is 2.20 bits per heavy atom. The predicted molar refractivity (Wildman–Crippen MR) is 90.0 cm³/mol. The Bertz CT molecular complexity index is 877. The van der Waals surface area contributed by atoms with E-state index in [2.05, 4.69) is 15.3 Å². The molecule has 6 nitrogen and oxygen atoms in total. The Kier molecular flexibility index (Phi) is 5.08. The number of aryl methyl sites for hydroxylation is 1. The summed E-state index contributed by atoms with van der Waals surface area (Å²) in [7, 11) is 0. The molecule has 3 rings (SSSR count). The zero-order valence-corrected chi connectivity index (χ0v) is 14.5. The molecule has 0 saturated carbocycles. The number of carbonyl (C=O) groups excluding carboxylic acids is 1. The van der Waals surface area contributed by atoms with Crippen LogP contribution in [0.5, 0.6) is 5.75 Å². The molecule has 0 aliphatic heterocycles. The fourth-order valence-electron chi connectivity index (χ4n) is 2.09. The number of rotatable bonds is 6. The molecule has 0 saturated heterocycles. The van der Waals surface area contributed by atoms with Gasteiger partial charge in [0.2, 0.25) is 5.89 Å². The van der Waals surface area contributed by atoms with Crippen LogP contribution in [0.2, 0.25) is 0 Å². The van der Waals surface area contributed by atoms with Gasteiger partial charge in [0.25, 0.3) is 5.91 Å². The lowest BCUT2D eigenvalue weighted by Crippen LogP contribution is -2.26. The van der Waals surface area contributed by atoms with E-state index in [-0.39, 0.29) is 35.9 Å². The standard InChI is InChI=1S/C17H16FN3O3S/c1-10-9-25-17(19-10)11(2)20-16(22)13-7-24-15(21-13)8-23-14-6-4-3-5-12(14)18/h3-7,9,11H,8H2,1-2H3,(H,20,22)/t11-/m0/s1. The van der Waals surface area contributed by atoms with Gasteiger partial charge in [-0.05, 0) is 26.0 Å². The lowest BCUT2D eigenvalue weighted by atomic mass is 10.3. The maximum absolute atomic E-state index is 13.5. The smallest absolute Gasteiger partial charge is 0.273 e. The fourth-order valence-corrected chi connectivity index (χ4v) is 2.89. The Labute approximate surface area is 147 Å². The van der Waals surface area contributed by atoms with Crippen molar-refractivity contribution < 1.29 is 18.3 Å². The lowest BCUT2D eigenvalue weighted by molar-refractivity contribution is 0.0934. The van der Waals surface area contributed by atoms with Crippen LogP contribution in [0.3, 0.4) is 0 Å². The van der Waals surface area contributed by atoms with Gasteiger partial charge in [0.15, 0.2) is 23.9 Å². The molecule has 130 valence electrons. The van der Waals surface area contributed by atoms with Crippen molar-refractivity contribution in [3.05, 3.63) is 64.0 Å². The SMILES string of the molecule is Cc1csc([C@H](C)NC(=O)c2coc(COc3ccccc3F)n2)n1. The molecule has 8 heteroatoms. The summed E-state index contributed by atoms with van der Waals surface area (Å²) in [6, 6.07) is 5.80. The number of nitrogens with zero attached hydrogens (tertiary/aromatic N) is 2. The van der Waals surface area contributed by atoms with Gasteiger partial charge < -0.3 is 14.5 Å². The molecule has 0 aliphatic carbocycles. The molecular weight excluding hydrogens is 345 g/mol. The summed E-state index contributed by atoms with van der Waals surface area (Å²) >= 11 is 1.48. The molecule has 0 fully saturated rings. The summed E-state index contributed by atoms with van der Waals surface area (Å²) in [5, 5.41) is 5.55. The number of aromatic nitrogens is 2. The number of hydrogen-bond donors (Lipinski definition) is 1. The van der Waals surface area contributed by atoms with Gasteiger partial charge >= 0.3 is 0 Å². The van der Waals surface area contributed by atoms with Gasteiger partial charge in [-0.25, -0.2) is 14.4 Å². The summed E-state index contributed by atoms with van der Waals surface area (Å²) in [4.78, 5) is 20.6. The highest BCUT2D eigenvalue weighted by atomic mass is 32.1. The zero-order chi connectivity index (χ0) is 17.8. The topological polar surface area (TPSA) is 77.2 Å². The molecule has 25 heavy (non-hydrogen) atoms. The third-order valence-corrected chi connectivity index (χ3v) is 4.47. The molecule has 1 amide bonds. The van der Waals surface area contributed by atoms with Crippen molar-refractivity contribution in [1.82, 2.24) is 15.3 Å². The van der Waals surface area contributed by atoms with Crippen LogP contribution in [0.15, 0.2) is 40.3 Å². The Balaban J connectivity index is 1.59. The van der Waals surface area contributed by atoms with Crippen molar-refractivity contribution in [3.8, 4) is 5.75 Å². The van der Waals surface area contributed by atoms with Gasteiger partial charge in [0.05, 0.1) is 6.04 Å². The van der Waals surface area contributed by atoms with Gasteiger partial charge in [-0.1, -0.05) is 12.1 Å². The quantitative estimate of drug-likeness (QED) is 0.725. The first kappa shape index (κ1) is 17.1. The number of benzene rings is 1. The number of halogens is 1. The largest absolute Gasteiger partial charge is 0.481 e. The van der Waals surface area contributed by atoms with Crippen LogP contribution in [0.1, 0.15) is 40.0 Å². The molecule has 1 aromatic carbocycles. The van der Waals surface area contributed by atoms with Gasteiger partial charge in [-0.3, -0.25) is 4.79 Å². The second-order valence-corrected chi connectivity index (χ2v) is 6.26. The van der Waals surface area contributed by atoms with E-state index in [0.717, 1.165) is 10.7 Å². The highest BCUT2D eigenvalue weighted by Gasteiger charge is 2.17. The van der Waals surface area contributed by atoms with Crippen molar-refractivity contribution in [3.63, 3.8) is 0 Å². The third kappa shape index (κ3) is 4.21. The average molecular weight is 361 g/mol. The van der Waals surface area contributed by atoms with Crippen molar-refractivity contribution in [1.29, 1.82) is 0 Å².